The molecule has 4 aromatic rings. The van der Waals surface area contributed by atoms with Crippen molar-refractivity contribution in [1.29, 1.82) is 0 Å². The van der Waals surface area contributed by atoms with Crippen molar-refractivity contribution in [3.8, 4) is 11.5 Å². The molecule has 0 aliphatic heterocycles. The number of amides is 1. The molecule has 0 unspecified atom stereocenters. The van der Waals surface area contributed by atoms with Crippen LogP contribution in [0.4, 0.5) is 5.69 Å². The highest BCUT2D eigenvalue weighted by Gasteiger charge is 2.10. The maximum absolute atomic E-state index is 12.3. The first-order valence-electron chi connectivity index (χ1n) is 8.07. The van der Waals surface area contributed by atoms with Gasteiger partial charge in [-0.1, -0.05) is 30.3 Å². The van der Waals surface area contributed by atoms with E-state index in [9.17, 15) is 9.59 Å². The van der Waals surface area contributed by atoms with Crippen molar-refractivity contribution < 1.29 is 9.21 Å². The molecular formula is C21H14N2O3. The molecular weight excluding hydrogens is 328 g/mol. The van der Waals surface area contributed by atoms with Crippen molar-refractivity contribution >= 4 is 22.5 Å². The number of hydrogen-bond acceptors (Lipinski definition) is 4. The molecule has 0 atom stereocenters. The van der Waals surface area contributed by atoms with Crippen LogP contribution in [-0.2, 0) is 0 Å². The van der Waals surface area contributed by atoms with Crippen LogP contribution in [-0.4, -0.2) is 10.9 Å². The van der Waals surface area contributed by atoms with E-state index in [1.807, 2.05) is 36.4 Å². The van der Waals surface area contributed by atoms with Crippen molar-refractivity contribution in [3.63, 3.8) is 0 Å². The molecule has 26 heavy (non-hydrogen) atoms. The molecule has 5 heteroatoms. The lowest BCUT2D eigenvalue weighted by atomic mass is 10.1. The summed E-state index contributed by atoms with van der Waals surface area (Å²) in [6, 6.07) is 23.0. The van der Waals surface area contributed by atoms with Crippen LogP contribution in [0.3, 0.4) is 0 Å². The van der Waals surface area contributed by atoms with E-state index in [0.717, 1.165) is 5.69 Å². The van der Waals surface area contributed by atoms with E-state index in [2.05, 4.69) is 10.3 Å². The first-order chi connectivity index (χ1) is 12.7. The fourth-order valence-electron chi connectivity index (χ4n) is 2.63. The summed E-state index contributed by atoms with van der Waals surface area (Å²) >= 11 is 0. The predicted octanol–water partition coefficient (Wildman–Crippen LogP) is 4.11. The Labute approximate surface area is 148 Å². The van der Waals surface area contributed by atoms with Crippen molar-refractivity contribution in [2.45, 2.75) is 0 Å². The molecule has 0 aliphatic carbocycles. The summed E-state index contributed by atoms with van der Waals surface area (Å²) in [6.45, 7) is 0. The minimum absolute atomic E-state index is 0.212. The number of rotatable bonds is 3. The van der Waals surface area contributed by atoms with Crippen molar-refractivity contribution in [2.24, 2.45) is 0 Å². The van der Waals surface area contributed by atoms with E-state index in [-0.39, 0.29) is 11.8 Å². The van der Waals surface area contributed by atoms with Crippen molar-refractivity contribution in [1.82, 2.24) is 4.98 Å². The predicted molar refractivity (Wildman–Crippen MR) is 100 cm³/mol. The van der Waals surface area contributed by atoms with Crippen LogP contribution in [0.1, 0.15) is 10.4 Å². The van der Waals surface area contributed by atoms with E-state index in [0.29, 0.717) is 22.0 Å². The van der Waals surface area contributed by atoms with Gasteiger partial charge in [0.1, 0.15) is 0 Å². The fraction of sp³-hybridized carbons (Fsp3) is 0. The molecule has 0 bridgehead atoms. The van der Waals surface area contributed by atoms with Gasteiger partial charge in [0.25, 0.3) is 5.91 Å². The number of fused-ring (bicyclic) bond motifs is 1. The molecule has 0 radical (unpaired) electrons. The largest absolute Gasteiger partial charge is 0.403 e. The average Bonchev–Trinajstić information content (AvgIpc) is 2.69. The summed E-state index contributed by atoms with van der Waals surface area (Å²) in [7, 11) is 0. The molecule has 1 N–H and O–H groups in total. The Hall–Kier alpha value is -3.73. The Balaban J connectivity index is 1.62. The Kier molecular flexibility index (Phi) is 4.03. The van der Waals surface area contributed by atoms with Crippen LogP contribution < -0.4 is 10.9 Å². The van der Waals surface area contributed by atoms with Gasteiger partial charge in [0.05, 0.1) is 10.9 Å². The summed E-state index contributed by atoms with van der Waals surface area (Å²) in [4.78, 5) is 28.8. The van der Waals surface area contributed by atoms with E-state index < -0.39 is 5.63 Å². The highest BCUT2D eigenvalue weighted by atomic mass is 16.4. The smallest absolute Gasteiger partial charge is 0.347 e. The van der Waals surface area contributed by atoms with Gasteiger partial charge >= 0.3 is 5.63 Å². The summed E-state index contributed by atoms with van der Waals surface area (Å²) in [5.74, 6) is 0.0133. The molecule has 5 nitrogen and oxygen atoms in total. The molecule has 1 heterocycles. The number of anilines is 1. The van der Waals surface area contributed by atoms with Crippen LogP contribution >= 0.6 is 0 Å². The molecule has 4 rings (SSSR count). The lowest BCUT2D eigenvalue weighted by Crippen LogP contribution is -2.11. The molecule has 0 aliphatic rings. The maximum Gasteiger partial charge on any atom is 0.347 e. The summed E-state index contributed by atoms with van der Waals surface area (Å²) < 4.78 is 5.31. The van der Waals surface area contributed by atoms with Gasteiger partial charge in [0.2, 0.25) is 5.89 Å². The third-order valence-corrected chi connectivity index (χ3v) is 3.96. The van der Waals surface area contributed by atoms with Gasteiger partial charge in [-0.2, -0.15) is 0 Å². The maximum atomic E-state index is 12.3. The number of nitrogens with zero attached hydrogens (tertiary/aromatic N) is 1. The molecule has 0 saturated carbocycles. The molecule has 0 saturated heterocycles. The Bertz CT molecular complexity index is 1130. The minimum Gasteiger partial charge on any atom is -0.403 e. The Morgan fingerprint density at radius 2 is 1.54 bits per heavy atom. The first-order valence-corrected chi connectivity index (χ1v) is 8.07. The van der Waals surface area contributed by atoms with E-state index in [4.69, 9.17) is 4.42 Å². The van der Waals surface area contributed by atoms with Gasteiger partial charge in [0.15, 0.2) is 0 Å². The van der Waals surface area contributed by atoms with Crippen molar-refractivity contribution in [2.75, 3.05) is 5.32 Å². The highest BCUT2D eigenvalue weighted by Crippen LogP contribution is 2.19. The van der Waals surface area contributed by atoms with E-state index >= 15 is 0 Å². The lowest BCUT2D eigenvalue weighted by Gasteiger charge is -2.06. The number of nitrogens with one attached hydrogen (secondary N) is 1. The molecule has 126 valence electrons. The molecule has 0 spiro atoms. The number of aromatic nitrogens is 1. The van der Waals surface area contributed by atoms with Crippen LogP contribution in [0.15, 0.2) is 88.1 Å². The number of para-hydroxylation sites is 2. The van der Waals surface area contributed by atoms with Crippen LogP contribution in [0.2, 0.25) is 0 Å². The summed E-state index contributed by atoms with van der Waals surface area (Å²) in [5.41, 5.74) is 2.00. The minimum atomic E-state index is -0.434. The fourth-order valence-corrected chi connectivity index (χ4v) is 2.63. The van der Waals surface area contributed by atoms with Crippen LogP contribution in [0.5, 0.6) is 0 Å². The summed E-state index contributed by atoms with van der Waals surface area (Å²) in [5, 5.41) is 3.26. The van der Waals surface area contributed by atoms with Gasteiger partial charge < -0.3 is 9.73 Å². The topological polar surface area (TPSA) is 72.2 Å². The first kappa shape index (κ1) is 15.8. The molecule has 0 fully saturated rings. The third-order valence-electron chi connectivity index (χ3n) is 3.96. The zero-order chi connectivity index (χ0) is 17.9. The SMILES string of the molecule is O=C(Nc1ccccc1)c1ccc(-c2nc3ccccc3c(=O)o2)cc1. The van der Waals surface area contributed by atoms with Gasteiger partial charge in [0, 0.05) is 16.8 Å². The number of hydrogen-bond donors (Lipinski definition) is 1. The van der Waals surface area contributed by atoms with Gasteiger partial charge in [-0.25, -0.2) is 9.78 Å². The number of benzene rings is 3. The lowest BCUT2D eigenvalue weighted by molar-refractivity contribution is 0.102. The molecule has 1 aromatic heterocycles. The second-order valence-electron chi connectivity index (χ2n) is 5.72. The standard InChI is InChI=1S/C21H14N2O3/c24-19(22-16-6-2-1-3-7-16)14-10-12-15(13-11-14)20-23-18-9-5-4-8-17(18)21(25)26-20/h1-13H,(H,22,24). The van der Waals surface area contributed by atoms with Gasteiger partial charge in [-0.3, -0.25) is 4.79 Å². The Morgan fingerprint density at radius 1 is 0.846 bits per heavy atom. The molecule has 1 amide bonds. The average molecular weight is 342 g/mol. The van der Waals surface area contributed by atoms with Crippen LogP contribution in [0, 0.1) is 0 Å². The zero-order valence-corrected chi connectivity index (χ0v) is 13.7. The molecule has 3 aromatic carbocycles. The third kappa shape index (κ3) is 3.10. The second-order valence-corrected chi connectivity index (χ2v) is 5.72. The Morgan fingerprint density at radius 3 is 2.31 bits per heavy atom. The number of carbonyl (C=O) groups excluding carboxylic acids is 1. The second kappa shape index (κ2) is 6.64. The normalized spacial score (nSPS) is 10.6. The zero-order valence-electron chi connectivity index (χ0n) is 13.7. The number of carbonyl (C=O) groups is 1. The van der Waals surface area contributed by atoms with Gasteiger partial charge in [-0.05, 0) is 48.5 Å². The van der Waals surface area contributed by atoms with E-state index in [1.165, 1.54) is 0 Å². The van der Waals surface area contributed by atoms with Gasteiger partial charge in [-0.15, -0.1) is 0 Å². The van der Waals surface area contributed by atoms with E-state index in [1.54, 1.807) is 42.5 Å². The quantitative estimate of drug-likeness (QED) is 0.608. The van der Waals surface area contributed by atoms with Crippen molar-refractivity contribution in [3.05, 3.63) is 94.8 Å². The highest BCUT2D eigenvalue weighted by molar-refractivity contribution is 6.04. The van der Waals surface area contributed by atoms with Crippen LogP contribution in [0.25, 0.3) is 22.4 Å². The summed E-state index contributed by atoms with van der Waals surface area (Å²) in [6.07, 6.45) is 0. The monoisotopic (exact) mass is 342 g/mol.